The maximum Gasteiger partial charge on any atom is 0.243 e. The Bertz CT molecular complexity index is 1180. The van der Waals surface area contributed by atoms with Gasteiger partial charge in [-0.05, 0) is 54.7 Å². The highest BCUT2D eigenvalue weighted by Gasteiger charge is 2.28. The molecule has 0 bridgehead atoms. The van der Waals surface area contributed by atoms with Gasteiger partial charge in [0.2, 0.25) is 27.5 Å². The van der Waals surface area contributed by atoms with Gasteiger partial charge in [-0.15, -0.1) is 0 Å². The lowest BCUT2D eigenvalue weighted by Gasteiger charge is -2.30. The van der Waals surface area contributed by atoms with Gasteiger partial charge >= 0.3 is 0 Å². The number of benzene rings is 1. The van der Waals surface area contributed by atoms with Gasteiger partial charge in [0.15, 0.2) is 0 Å². The Morgan fingerprint density at radius 1 is 1.29 bits per heavy atom. The van der Waals surface area contributed by atoms with Crippen LogP contribution >= 0.6 is 0 Å². The third kappa shape index (κ3) is 4.60. The summed E-state index contributed by atoms with van der Waals surface area (Å²) in [5, 5.41) is 12.4. The Hall–Kier alpha value is -3.22. The van der Waals surface area contributed by atoms with Gasteiger partial charge in [0.05, 0.1) is 4.90 Å². The number of nitrogens with zero attached hydrogens (tertiary/aromatic N) is 4. The number of nitriles is 1. The largest absolute Gasteiger partial charge is 0.419 e. The summed E-state index contributed by atoms with van der Waals surface area (Å²) < 4.78 is 33.2. The quantitative estimate of drug-likeness (QED) is 0.626. The molecule has 8 nitrogen and oxygen atoms in total. The van der Waals surface area contributed by atoms with Crippen molar-refractivity contribution < 1.29 is 12.8 Å². The van der Waals surface area contributed by atoms with E-state index in [1.807, 2.05) is 18.2 Å². The molecule has 160 valence electrons. The third-order valence-electron chi connectivity index (χ3n) is 5.27. The fraction of sp³-hybridized carbons (Fsp3) is 0.318. The molecular weight excluding hydrogens is 414 g/mol. The molecular formula is C22H23N5O3S. The SMILES string of the molecule is C[C@@H]1CCCN(S(=O)(=O)c2ccc(-c3nc(C#N)c(NCc4cccnc4)o3)cc2)C1. The topological polar surface area (TPSA) is 112 Å². The summed E-state index contributed by atoms with van der Waals surface area (Å²) in [4.78, 5) is 8.53. The van der Waals surface area contributed by atoms with Crippen molar-refractivity contribution >= 4 is 15.9 Å². The van der Waals surface area contributed by atoms with E-state index in [1.54, 1.807) is 41.0 Å². The summed E-state index contributed by atoms with van der Waals surface area (Å²) in [6, 6.07) is 12.2. The Morgan fingerprint density at radius 3 is 2.77 bits per heavy atom. The van der Waals surface area contributed by atoms with E-state index in [0.29, 0.717) is 31.1 Å². The molecule has 0 saturated carbocycles. The molecule has 1 aliphatic heterocycles. The molecule has 3 heterocycles. The van der Waals surface area contributed by atoms with Crippen molar-refractivity contribution in [2.75, 3.05) is 18.4 Å². The smallest absolute Gasteiger partial charge is 0.243 e. The first-order valence-corrected chi connectivity index (χ1v) is 11.6. The van der Waals surface area contributed by atoms with Crippen LogP contribution < -0.4 is 5.32 Å². The van der Waals surface area contributed by atoms with Gasteiger partial charge in [-0.3, -0.25) is 4.98 Å². The van der Waals surface area contributed by atoms with Gasteiger partial charge in [-0.25, -0.2) is 8.42 Å². The highest BCUT2D eigenvalue weighted by molar-refractivity contribution is 7.89. The number of aromatic nitrogens is 2. The van der Waals surface area contributed by atoms with Crippen molar-refractivity contribution in [3.05, 3.63) is 60.0 Å². The number of anilines is 1. The molecule has 31 heavy (non-hydrogen) atoms. The number of oxazole rings is 1. The van der Waals surface area contributed by atoms with E-state index in [2.05, 4.69) is 22.2 Å². The zero-order valence-electron chi connectivity index (χ0n) is 17.2. The van der Waals surface area contributed by atoms with E-state index >= 15 is 0 Å². The number of piperidine rings is 1. The molecule has 4 rings (SSSR count). The minimum absolute atomic E-state index is 0.137. The summed E-state index contributed by atoms with van der Waals surface area (Å²) in [5.74, 6) is 0.873. The van der Waals surface area contributed by atoms with Crippen molar-refractivity contribution in [1.82, 2.24) is 14.3 Å². The summed E-state index contributed by atoms with van der Waals surface area (Å²) in [6.07, 6.45) is 5.33. The lowest BCUT2D eigenvalue weighted by molar-refractivity contribution is 0.281. The van der Waals surface area contributed by atoms with Crippen LogP contribution in [-0.2, 0) is 16.6 Å². The lowest BCUT2D eigenvalue weighted by Crippen LogP contribution is -2.39. The van der Waals surface area contributed by atoms with Gasteiger partial charge in [0.25, 0.3) is 0 Å². The van der Waals surface area contributed by atoms with Gasteiger partial charge in [-0.1, -0.05) is 13.0 Å². The second-order valence-corrected chi connectivity index (χ2v) is 9.60. The maximum atomic E-state index is 12.9. The van der Waals surface area contributed by atoms with Crippen LogP contribution in [0, 0.1) is 17.2 Å². The maximum absolute atomic E-state index is 12.9. The zero-order valence-corrected chi connectivity index (χ0v) is 18.0. The van der Waals surface area contributed by atoms with Crippen molar-refractivity contribution in [3.8, 4) is 17.5 Å². The highest BCUT2D eigenvalue weighted by Crippen LogP contribution is 2.28. The van der Waals surface area contributed by atoms with Crippen LogP contribution in [0.1, 0.15) is 31.0 Å². The number of nitrogens with one attached hydrogen (secondary N) is 1. The molecule has 1 atom stereocenters. The predicted molar refractivity (Wildman–Crippen MR) is 115 cm³/mol. The van der Waals surface area contributed by atoms with Gasteiger partial charge in [-0.2, -0.15) is 14.6 Å². The van der Waals surface area contributed by atoms with Crippen molar-refractivity contribution in [2.24, 2.45) is 5.92 Å². The van der Waals surface area contributed by atoms with Crippen LogP contribution in [0.25, 0.3) is 11.5 Å². The lowest BCUT2D eigenvalue weighted by atomic mass is 10.0. The van der Waals surface area contributed by atoms with E-state index in [4.69, 9.17) is 4.42 Å². The zero-order chi connectivity index (χ0) is 21.8. The number of hydrogen-bond donors (Lipinski definition) is 1. The van der Waals surface area contributed by atoms with E-state index in [9.17, 15) is 13.7 Å². The van der Waals surface area contributed by atoms with Crippen LogP contribution in [0.3, 0.4) is 0 Å². The molecule has 0 radical (unpaired) electrons. The van der Waals surface area contributed by atoms with Gasteiger partial charge < -0.3 is 9.73 Å². The fourth-order valence-electron chi connectivity index (χ4n) is 3.61. The molecule has 3 aromatic rings. The van der Waals surface area contributed by atoms with E-state index < -0.39 is 10.0 Å². The van der Waals surface area contributed by atoms with Crippen LogP contribution in [0.2, 0.25) is 0 Å². The van der Waals surface area contributed by atoms with Crippen LogP contribution in [0.15, 0.2) is 58.1 Å². The van der Waals surface area contributed by atoms with Crippen molar-refractivity contribution in [2.45, 2.75) is 31.2 Å². The average molecular weight is 438 g/mol. The van der Waals surface area contributed by atoms with Gasteiger partial charge in [0, 0.05) is 37.6 Å². The highest BCUT2D eigenvalue weighted by atomic mass is 32.2. The first-order valence-electron chi connectivity index (χ1n) is 10.1. The number of rotatable bonds is 6. The summed E-state index contributed by atoms with van der Waals surface area (Å²) in [5.41, 5.74) is 1.67. The second-order valence-electron chi connectivity index (χ2n) is 7.66. The summed E-state index contributed by atoms with van der Waals surface area (Å²) in [7, 11) is -3.53. The Kier molecular flexibility index (Phi) is 6.02. The Balaban J connectivity index is 1.52. The van der Waals surface area contributed by atoms with Crippen molar-refractivity contribution in [1.29, 1.82) is 5.26 Å². The standard InChI is InChI=1S/C22H23N5O3S/c1-16-4-3-11-27(15-16)31(28,29)19-8-6-18(7-9-19)21-26-20(12-23)22(30-21)25-14-17-5-2-10-24-13-17/h2,5-10,13,16,25H,3-4,11,14-15H2,1H3/t16-/m1/s1. The minimum atomic E-state index is -3.53. The molecule has 1 fully saturated rings. The number of pyridine rings is 1. The third-order valence-corrected chi connectivity index (χ3v) is 7.15. The minimum Gasteiger partial charge on any atom is -0.419 e. The predicted octanol–water partition coefficient (Wildman–Crippen LogP) is 3.64. The molecule has 2 aromatic heterocycles. The second kappa shape index (κ2) is 8.88. The van der Waals surface area contributed by atoms with Crippen LogP contribution in [0.5, 0.6) is 0 Å². The van der Waals surface area contributed by atoms with Gasteiger partial charge in [0.1, 0.15) is 6.07 Å². The molecule has 1 saturated heterocycles. The van der Waals surface area contributed by atoms with Crippen molar-refractivity contribution in [3.63, 3.8) is 0 Å². The fourth-order valence-corrected chi connectivity index (χ4v) is 5.21. The number of sulfonamides is 1. The Labute approximate surface area is 181 Å². The normalized spacial score (nSPS) is 17.2. The summed E-state index contributed by atoms with van der Waals surface area (Å²) >= 11 is 0. The monoisotopic (exact) mass is 437 g/mol. The first-order chi connectivity index (χ1) is 15.0. The van der Waals surface area contributed by atoms with E-state index in [0.717, 1.165) is 18.4 Å². The van der Waals surface area contributed by atoms with E-state index in [1.165, 1.54) is 0 Å². The molecule has 0 unspecified atom stereocenters. The average Bonchev–Trinajstić information content (AvgIpc) is 3.22. The number of hydrogen-bond acceptors (Lipinski definition) is 7. The molecule has 0 aliphatic carbocycles. The molecule has 0 spiro atoms. The van der Waals surface area contributed by atoms with Crippen LogP contribution in [0.4, 0.5) is 5.88 Å². The first kappa shape index (κ1) is 21.0. The molecule has 1 aliphatic rings. The molecule has 9 heteroatoms. The Morgan fingerprint density at radius 2 is 2.10 bits per heavy atom. The molecule has 1 aromatic carbocycles. The summed E-state index contributed by atoms with van der Waals surface area (Å²) in [6.45, 7) is 3.59. The van der Waals surface area contributed by atoms with E-state index in [-0.39, 0.29) is 22.4 Å². The molecule has 1 N–H and O–H groups in total. The molecule has 0 amide bonds. The van der Waals surface area contributed by atoms with Crippen LogP contribution in [-0.4, -0.2) is 35.8 Å².